The van der Waals surface area contributed by atoms with Gasteiger partial charge in [0.05, 0.1) is 27.7 Å². The molecule has 0 aliphatic rings. The number of carbonyl (C=O) groups excluding carboxylic acids is 2. The maximum atomic E-state index is 12.8. The lowest BCUT2D eigenvalue weighted by Crippen LogP contribution is -2.37. The minimum Gasteiger partial charge on any atom is -0.462 e. The van der Waals surface area contributed by atoms with E-state index in [0.717, 1.165) is 89.9 Å². The van der Waals surface area contributed by atoms with Crippen LogP contribution in [-0.4, -0.2) is 74.9 Å². The quantitative estimate of drug-likeness (QED) is 0.0211. The Morgan fingerprint density at radius 2 is 0.838 bits per heavy atom. The van der Waals surface area contributed by atoms with E-state index in [2.05, 4.69) is 98.9 Å². The summed E-state index contributed by atoms with van der Waals surface area (Å²) in [5.74, 6) is -0.810. The number of phosphoric acid groups is 1. The second-order valence-corrected chi connectivity index (χ2v) is 20.7. The van der Waals surface area contributed by atoms with E-state index in [-0.39, 0.29) is 32.0 Å². The molecule has 10 heteroatoms. The molecular weight excluding hydrogens is 870 g/mol. The van der Waals surface area contributed by atoms with Gasteiger partial charge in [-0.1, -0.05) is 221 Å². The fourth-order valence-corrected chi connectivity index (χ4v) is 7.97. The molecule has 392 valence electrons. The smallest absolute Gasteiger partial charge is 0.462 e. The van der Waals surface area contributed by atoms with Gasteiger partial charge in [0.1, 0.15) is 19.8 Å². The molecule has 68 heavy (non-hydrogen) atoms. The van der Waals surface area contributed by atoms with Gasteiger partial charge in [0.2, 0.25) is 0 Å². The van der Waals surface area contributed by atoms with Crippen LogP contribution in [-0.2, 0) is 32.7 Å². The molecule has 0 bridgehead atoms. The van der Waals surface area contributed by atoms with Crippen molar-refractivity contribution < 1.29 is 42.1 Å². The molecule has 1 N–H and O–H groups in total. The van der Waals surface area contributed by atoms with Crippen LogP contribution < -0.4 is 0 Å². The first-order chi connectivity index (χ1) is 33.0. The van der Waals surface area contributed by atoms with Crippen molar-refractivity contribution in [3.05, 3.63) is 85.1 Å². The van der Waals surface area contributed by atoms with Gasteiger partial charge in [-0.25, -0.2) is 4.57 Å². The number of likely N-dealkylation sites (N-methyl/N-ethyl adjacent to an activating group) is 1. The Balaban J connectivity index is 4.23. The number of esters is 2. The summed E-state index contributed by atoms with van der Waals surface area (Å²) < 4.78 is 34.5. The van der Waals surface area contributed by atoms with E-state index in [9.17, 15) is 19.0 Å². The lowest BCUT2D eigenvalue weighted by Gasteiger charge is -2.24. The average Bonchev–Trinajstić information content (AvgIpc) is 3.30. The van der Waals surface area contributed by atoms with Crippen LogP contribution in [0.15, 0.2) is 85.1 Å². The lowest BCUT2D eigenvalue weighted by atomic mass is 10.0. The lowest BCUT2D eigenvalue weighted by molar-refractivity contribution is -0.870. The molecule has 0 aliphatic heterocycles. The average molecular weight is 973 g/mol. The number of ether oxygens (including phenoxy) is 2. The van der Waals surface area contributed by atoms with Gasteiger partial charge in [-0.2, -0.15) is 0 Å². The minimum atomic E-state index is -4.39. The molecular formula is C58H103NO8P+. The molecule has 0 spiro atoms. The zero-order chi connectivity index (χ0) is 49.9. The summed E-state index contributed by atoms with van der Waals surface area (Å²) in [6.45, 7) is 4.31. The van der Waals surface area contributed by atoms with Gasteiger partial charge in [-0.15, -0.1) is 0 Å². The Labute approximate surface area is 418 Å². The van der Waals surface area contributed by atoms with Gasteiger partial charge in [0, 0.05) is 12.8 Å². The van der Waals surface area contributed by atoms with E-state index in [0.29, 0.717) is 17.4 Å². The third kappa shape index (κ3) is 52.6. The van der Waals surface area contributed by atoms with Crippen LogP contribution in [0.25, 0.3) is 0 Å². The summed E-state index contributed by atoms with van der Waals surface area (Å²) in [7, 11) is 1.46. The van der Waals surface area contributed by atoms with E-state index in [1.807, 2.05) is 21.1 Å². The molecule has 0 saturated carbocycles. The molecule has 9 nitrogen and oxygen atoms in total. The Hall–Kier alpha value is -2.81. The van der Waals surface area contributed by atoms with Crippen molar-refractivity contribution >= 4 is 19.8 Å². The maximum absolute atomic E-state index is 12.8. The van der Waals surface area contributed by atoms with Crippen LogP contribution in [0.5, 0.6) is 0 Å². The van der Waals surface area contributed by atoms with Gasteiger partial charge in [0.15, 0.2) is 6.10 Å². The topological polar surface area (TPSA) is 108 Å². The highest BCUT2D eigenvalue weighted by Crippen LogP contribution is 2.43. The Bertz CT molecular complexity index is 1420. The fourth-order valence-electron chi connectivity index (χ4n) is 7.23. The molecule has 0 aromatic carbocycles. The van der Waals surface area contributed by atoms with E-state index < -0.39 is 26.5 Å². The molecule has 0 amide bonds. The fraction of sp³-hybridized carbons (Fsp3) is 0.724. The second-order valence-electron chi connectivity index (χ2n) is 19.2. The van der Waals surface area contributed by atoms with E-state index in [1.54, 1.807) is 0 Å². The zero-order valence-electron chi connectivity index (χ0n) is 44.3. The van der Waals surface area contributed by atoms with Gasteiger partial charge < -0.3 is 18.9 Å². The molecule has 0 saturated heterocycles. The Morgan fingerprint density at radius 3 is 1.25 bits per heavy atom. The standard InChI is InChI=1S/C58H102NO8P/c1-6-8-10-12-14-16-18-20-22-23-24-25-26-27-28-29-30-31-32-33-34-35-37-39-41-43-45-47-49-51-58(61)67-56(55-66-68(62,63)65-53-52-59(3,4)5)54-64-57(60)50-48-46-44-42-40-38-36-21-19-17-15-13-11-9-7-2/h8,10,14,16,20,22,24-25,27-28,30-31,33-34,56H,6-7,9,11-13,15,17-19,21,23,26,29,32,35-55H2,1-5H3/p+1/b10-8-,16-14-,22-20-,25-24-,28-27-,31-30-,34-33-. The summed E-state index contributed by atoms with van der Waals surface area (Å²) in [6, 6.07) is 0. The summed E-state index contributed by atoms with van der Waals surface area (Å²) in [5.41, 5.74) is 0. The van der Waals surface area contributed by atoms with Crippen molar-refractivity contribution in [1.82, 2.24) is 0 Å². The monoisotopic (exact) mass is 973 g/mol. The molecule has 0 heterocycles. The maximum Gasteiger partial charge on any atom is 0.472 e. The molecule has 0 aromatic heterocycles. The van der Waals surface area contributed by atoms with Crippen molar-refractivity contribution in [2.24, 2.45) is 0 Å². The predicted octanol–water partition coefficient (Wildman–Crippen LogP) is 16.7. The highest BCUT2D eigenvalue weighted by Gasteiger charge is 2.27. The van der Waals surface area contributed by atoms with Crippen molar-refractivity contribution in [3.8, 4) is 0 Å². The minimum absolute atomic E-state index is 0.0265. The molecule has 0 aromatic rings. The number of quaternary nitrogens is 1. The molecule has 0 aliphatic carbocycles. The first kappa shape index (κ1) is 65.2. The molecule has 2 unspecified atom stereocenters. The predicted molar refractivity (Wildman–Crippen MR) is 289 cm³/mol. The van der Waals surface area contributed by atoms with E-state index >= 15 is 0 Å². The molecule has 0 radical (unpaired) electrons. The number of hydrogen-bond donors (Lipinski definition) is 1. The van der Waals surface area contributed by atoms with Gasteiger partial charge in [-0.3, -0.25) is 18.6 Å². The number of nitrogens with zero attached hydrogens (tertiary/aromatic N) is 1. The number of allylic oxidation sites excluding steroid dienone is 14. The van der Waals surface area contributed by atoms with Crippen molar-refractivity contribution in [2.75, 3.05) is 47.5 Å². The summed E-state index contributed by atoms with van der Waals surface area (Å²) >= 11 is 0. The first-order valence-electron chi connectivity index (χ1n) is 27.3. The van der Waals surface area contributed by atoms with Crippen LogP contribution >= 0.6 is 7.82 Å². The van der Waals surface area contributed by atoms with Gasteiger partial charge in [-0.05, 0) is 70.6 Å². The summed E-state index contributed by atoms with van der Waals surface area (Å²) in [5, 5.41) is 0. The van der Waals surface area contributed by atoms with E-state index in [4.69, 9.17) is 18.5 Å². The summed E-state index contributed by atoms with van der Waals surface area (Å²) in [4.78, 5) is 35.6. The van der Waals surface area contributed by atoms with Gasteiger partial charge in [0.25, 0.3) is 0 Å². The number of phosphoric ester groups is 1. The largest absolute Gasteiger partial charge is 0.472 e. The number of rotatable bonds is 49. The first-order valence-corrected chi connectivity index (χ1v) is 28.8. The second kappa shape index (κ2) is 49.2. The molecule has 0 fully saturated rings. The van der Waals surface area contributed by atoms with Gasteiger partial charge >= 0.3 is 19.8 Å². The number of unbranched alkanes of at least 4 members (excludes halogenated alkanes) is 21. The van der Waals surface area contributed by atoms with Crippen LogP contribution in [0, 0.1) is 0 Å². The van der Waals surface area contributed by atoms with E-state index in [1.165, 1.54) is 96.3 Å². The highest BCUT2D eigenvalue weighted by molar-refractivity contribution is 7.47. The van der Waals surface area contributed by atoms with Crippen LogP contribution in [0.2, 0.25) is 0 Å². The summed E-state index contributed by atoms with van der Waals surface area (Å²) in [6.07, 6.45) is 64.9. The third-order valence-corrected chi connectivity index (χ3v) is 12.4. The zero-order valence-corrected chi connectivity index (χ0v) is 45.2. The third-order valence-electron chi connectivity index (χ3n) is 11.4. The van der Waals surface area contributed by atoms with Crippen molar-refractivity contribution in [1.29, 1.82) is 0 Å². The molecule has 0 rings (SSSR count). The highest BCUT2D eigenvalue weighted by atomic mass is 31.2. The van der Waals surface area contributed by atoms with Crippen LogP contribution in [0.3, 0.4) is 0 Å². The Morgan fingerprint density at radius 1 is 0.471 bits per heavy atom. The van der Waals surface area contributed by atoms with Crippen LogP contribution in [0.4, 0.5) is 0 Å². The number of hydrogen-bond acceptors (Lipinski definition) is 7. The normalized spacial score (nSPS) is 14.0. The Kier molecular flexibility index (Phi) is 47.2. The SMILES string of the molecule is CC/C=C\C/C=C\C/C=C\C/C=C\C/C=C\C/C=C\C/C=C\CCCCCCCCCC(=O)OC(COC(=O)CCCCCCCCCCCCCCCCC)COP(=O)(O)OCC[N+](C)(C)C. The molecule has 2 atom stereocenters. The van der Waals surface area contributed by atoms with Crippen molar-refractivity contribution in [3.63, 3.8) is 0 Å². The van der Waals surface area contributed by atoms with Crippen LogP contribution in [0.1, 0.15) is 219 Å². The number of carbonyl (C=O) groups is 2. The van der Waals surface area contributed by atoms with Crippen molar-refractivity contribution in [2.45, 2.75) is 225 Å².